The summed E-state index contributed by atoms with van der Waals surface area (Å²) in [6, 6.07) is 0.955. The predicted molar refractivity (Wildman–Crippen MR) is 55.8 cm³/mol. The highest BCUT2D eigenvalue weighted by Gasteiger charge is 2.23. The number of aliphatic hydroxyl groups excluding tert-OH is 1. The lowest BCUT2D eigenvalue weighted by atomic mass is 9.91. The summed E-state index contributed by atoms with van der Waals surface area (Å²) in [5.74, 6) is 0. The summed E-state index contributed by atoms with van der Waals surface area (Å²) in [4.78, 5) is 0. The molecule has 0 unspecified atom stereocenters. The monoisotopic (exact) mass is 185 g/mol. The van der Waals surface area contributed by atoms with Gasteiger partial charge in [0.25, 0.3) is 0 Å². The lowest BCUT2D eigenvalue weighted by molar-refractivity contribution is 0.0842. The molecule has 0 spiro atoms. The quantitative estimate of drug-likeness (QED) is 0.702. The second kappa shape index (κ2) is 5.61. The van der Waals surface area contributed by atoms with E-state index in [1.165, 1.54) is 25.7 Å². The molecule has 0 amide bonds. The Kier molecular flexibility index (Phi) is 4.74. The zero-order chi connectivity index (χ0) is 9.68. The first-order valence-corrected chi connectivity index (χ1v) is 5.72. The molecule has 0 aromatic heterocycles. The highest BCUT2D eigenvalue weighted by Crippen LogP contribution is 2.19. The molecular formula is C11H23NO. The Morgan fingerprint density at radius 2 is 1.85 bits per heavy atom. The molecule has 0 bridgehead atoms. The largest absolute Gasteiger partial charge is 0.392 e. The Morgan fingerprint density at radius 1 is 1.23 bits per heavy atom. The summed E-state index contributed by atoms with van der Waals surface area (Å²) in [6.45, 7) is 4.41. The summed E-state index contributed by atoms with van der Waals surface area (Å²) in [5, 5.41) is 13.3. The minimum Gasteiger partial charge on any atom is -0.392 e. The summed E-state index contributed by atoms with van der Waals surface area (Å²) in [7, 11) is 0. The third kappa shape index (κ3) is 3.28. The molecule has 0 aliphatic heterocycles. The van der Waals surface area contributed by atoms with E-state index in [1.54, 1.807) is 0 Å². The van der Waals surface area contributed by atoms with E-state index in [-0.39, 0.29) is 6.10 Å². The van der Waals surface area contributed by atoms with E-state index in [0.29, 0.717) is 12.1 Å². The van der Waals surface area contributed by atoms with Gasteiger partial charge in [-0.3, -0.25) is 0 Å². The molecule has 1 fully saturated rings. The molecule has 0 saturated heterocycles. The van der Waals surface area contributed by atoms with Crippen molar-refractivity contribution in [2.24, 2.45) is 0 Å². The van der Waals surface area contributed by atoms with Crippen molar-refractivity contribution in [3.8, 4) is 0 Å². The average Bonchev–Trinajstić information content (AvgIpc) is 2.17. The fraction of sp³-hybridized carbons (Fsp3) is 1.00. The van der Waals surface area contributed by atoms with E-state index in [4.69, 9.17) is 0 Å². The van der Waals surface area contributed by atoms with Crippen molar-refractivity contribution >= 4 is 0 Å². The first-order chi connectivity index (χ1) is 6.27. The molecule has 0 aromatic carbocycles. The fourth-order valence-corrected chi connectivity index (χ4v) is 2.13. The maximum atomic E-state index is 9.75. The second-order valence-corrected chi connectivity index (χ2v) is 4.14. The maximum absolute atomic E-state index is 9.75. The molecule has 1 aliphatic rings. The Hall–Kier alpha value is -0.0800. The van der Waals surface area contributed by atoms with Gasteiger partial charge in [-0.1, -0.05) is 26.7 Å². The van der Waals surface area contributed by atoms with E-state index in [2.05, 4.69) is 19.2 Å². The minimum atomic E-state index is -0.102. The van der Waals surface area contributed by atoms with Crippen molar-refractivity contribution in [2.75, 3.05) is 0 Å². The first kappa shape index (κ1) is 11.0. The van der Waals surface area contributed by atoms with Gasteiger partial charge in [0.15, 0.2) is 0 Å². The van der Waals surface area contributed by atoms with Crippen LogP contribution in [0, 0.1) is 0 Å². The number of rotatable bonds is 4. The predicted octanol–water partition coefficient (Wildman–Crippen LogP) is 2.07. The van der Waals surface area contributed by atoms with Gasteiger partial charge in [-0.25, -0.2) is 0 Å². The van der Waals surface area contributed by atoms with E-state index in [9.17, 15) is 5.11 Å². The standard InChI is InChI=1S/C11H23NO/c1-3-9(4-2)12-10-7-5-6-8-11(10)13/h9-13H,3-8H2,1-2H3/t10-,11+/m1/s1. The normalized spacial score (nSPS) is 29.5. The van der Waals surface area contributed by atoms with Crippen LogP contribution in [0.3, 0.4) is 0 Å². The Morgan fingerprint density at radius 3 is 2.38 bits per heavy atom. The number of nitrogens with one attached hydrogen (secondary N) is 1. The van der Waals surface area contributed by atoms with Crippen molar-refractivity contribution < 1.29 is 5.11 Å². The molecule has 0 heterocycles. The van der Waals surface area contributed by atoms with Crippen LogP contribution in [0.4, 0.5) is 0 Å². The molecular weight excluding hydrogens is 162 g/mol. The molecule has 0 aromatic rings. The molecule has 2 atom stereocenters. The van der Waals surface area contributed by atoms with Gasteiger partial charge in [0.1, 0.15) is 0 Å². The van der Waals surface area contributed by atoms with Crippen LogP contribution in [-0.4, -0.2) is 23.3 Å². The van der Waals surface area contributed by atoms with Crippen molar-refractivity contribution in [1.82, 2.24) is 5.32 Å². The van der Waals surface area contributed by atoms with Crippen LogP contribution in [-0.2, 0) is 0 Å². The van der Waals surface area contributed by atoms with Crippen LogP contribution in [0.5, 0.6) is 0 Å². The van der Waals surface area contributed by atoms with Crippen LogP contribution in [0.25, 0.3) is 0 Å². The molecule has 1 saturated carbocycles. The van der Waals surface area contributed by atoms with Gasteiger partial charge in [-0.05, 0) is 25.7 Å². The highest BCUT2D eigenvalue weighted by molar-refractivity contribution is 4.82. The zero-order valence-corrected chi connectivity index (χ0v) is 8.92. The van der Waals surface area contributed by atoms with Crippen LogP contribution in [0.15, 0.2) is 0 Å². The van der Waals surface area contributed by atoms with E-state index >= 15 is 0 Å². The molecule has 13 heavy (non-hydrogen) atoms. The van der Waals surface area contributed by atoms with E-state index in [1.807, 2.05) is 0 Å². The lowest BCUT2D eigenvalue weighted by Crippen LogP contribution is -2.46. The van der Waals surface area contributed by atoms with Gasteiger partial charge in [0.05, 0.1) is 6.10 Å². The SMILES string of the molecule is CCC(CC)N[C@@H]1CCCC[C@@H]1O. The fourth-order valence-electron chi connectivity index (χ4n) is 2.13. The van der Waals surface area contributed by atoms with Crippen molar-refractivity contribution in [3.05, 3.63) is 0 Å². The third-order valence-electron chi connectivity index (χ3n) is 3.16. The first-order valence-electron chi connectivity index (χ1n) is 5.72. The van der Waals surface area contributed by atoms with Crippen LogP contribution in [0.2, 0.25) is 0 Å². The van der Waals surface area contributed by atoms with Gasteiger partial charge < -0.3 is 10.4 Å². The molecule has 1 rings (SSSR count). The molecule has 1 aliphatic carbocycles. The average molecular weight is 185 g/mol. The lowest BCUT2D eigenvalue weighted by Gasteiger charge is -2.31. The molecule has 2 N–H and O–H groups in total. The van der Waals surface area contributed by atoms with Crippen LogP contribution >= 0.6 is 0 Å². The minimum absolute atomic E-state index is 0.102. The number of aliphatic hydroxyl groups is 1. The Labute approximate surface area is 81.7 Å². The molecule has 2 heteroatoms. The highest BCUT2D eigenvalue weighted by atomic mass is 16.3. The van der Waals surface area contributed by atoms with Crippen LogP contribution < -0.4 is 5.32 Å². The second-order valence-electron chi connectivity index (χ2n) is 4.14. The molecule has 2 nitrogen and oxygen atoms in total. The van der Waals surface area contributed by atoms with Crippen molar-refractivity contribution in [3.63, 3.8) is 0 Å². The maximum Gasteiger partial charge on any atom is 0.0693 e. The summed E-state index contributed by atoms with van der Waals surface area (Å²) >= 11 is 0. The van der Waals surface area contributed by atoms with Crippen LogP contribution in [0.1, 0.15) is 52.4 Å². The topological polar surface area (TPSA) is 32.3 Å². The smallest absolute Gasteiger partial charge is 0.0693 e. The zero-order valence-electron chi connectivity index (χ0n) is 8.92. The van der Waals surface area contributed by atoms with Gasteiger partial charge in [0.2, 0.25) is 0 Å². The Bertz CT molecular complexity index is 134. The number of hydrogen-bond donors (Lipinski definition) is 2. The number of hydrogen-bond acceptors (Lipinski definition) is 2. The Balaban J connectivity index is 2.32. The summed E-state index contributed by atoms with van der Waals surface area (Å²) in [6.07, 6.45) is 6.83. The van der Waals surface area contributed by atoms with Gasteiger partial charge in [0, 0.05) is 12.1 Å². The summed E-state index contributed by atoms with van der Waals surface area (Å²) in [5.41, 5.74) is 0. The van der Waals surface area contributed by atoms with Gasteiger partial charge in [-0.2, -0.15) is 0 Å². The van der Waals surface area contributed by atoms with Gasteiger partial charge >= 0.3 is 0 Å². The summed E-state index contributed by atoms with van der Waals surface area (Å²) < 4.78 is 0. The molecule has 0 radical (unpaired) electrons. The van der Waals surface area contributed by atoms with Gasteiger partial charge in [-0.15, -0.1) is 0 Å². The van der Waals surface area contributed by atoms with Crippen molar-refractivity contribution in [1.29, 1.82) is 0 Å². The van der Waals surface area contributed by atoms with E-state index in [0.717, 1.165) is 12.8 Å². The van der Waals surface area contributed by atoms with Crippen molar-refractivity contribution in [2.45, 2.75) is 70.6 Å². The van der Waals surface area contributed by atoms with E-state index < -0.39 is 0 Å². The third-order valence-corrected chi connectivity index (χ3v) is 3.16. The molecule has 78 valence electrons.